The van der Waals surface area contributed by atoms with Gasteiger partial charge in [0.05, 0.1) is 4.86 Å². The van der Waals surface area contributed by atoms with Crippen LogP contribution in [0.15, 0.2) is 84.9 Å². The van der Waals surface area contributed by atoms with Crippen LogP contribution in [0.5, 0.6) is 0 Å². The second-order valence-electron chi connectivity index (χ2n) is 6.13. The van der Waals surface area contributed by atoms with Gasteiger partial charge in [0.15, 0.2) is 0 Å². The largest absolute Gasteiger partial charge is 0.0788 e. The molecule has 0 saturated heterocycles. The zero-order chi connectivity index (χ0) is 16.1. The van der Waals surface area contributed by atoms with Crippen LogP contribution in [0.25, 0.3) is 33.0 Å². The van der Waals surface area contributed by atoms with Gasteiger partial charge in [-0.1, -0.05) is 97.1 Å². The van der Waals surface area contributed by atoms with Gasteiger partial charge in [-0.25, -0.2) is 0 Å². The van der Waals surface area contributed by atoms with Gasteiger partial charge in [0, 0.05) is 5.56 Å². The van der Waals surface area contributed by atoms with Crippen LogP contribution in [0, 0.1) is 0 Å². The van der Waals surface area contributed by atoms with Crippen molar-refractivity contribution in [2.24, 2.45) is 0 Å². The molecule has 24 heavy (non-hydrogen) atoms. The molecule has 0 amide bonds. The highest BCUT2D eigenvalue weighted by molar-refractivity contribution is 7.81. The molecule has 0 N–H and O–H groups in total. The third kappa shape index (κ3) is 1.82. The summed E-state index contributed by atoms with van der Waals surface area (Å²) < 4.78 is 0. The summed E-state index contributed by atoms with van der Waals surface area (Å²) in [6, 6.07) is 29.9. The maximum Gasteiger partial charge on any atom is 0.0528 e. The zero-order valence-electron chi connectivity index (χ0n) is 13.0. The van der Waals surface area contributed by atoms with E-state index in [1.807, 2.05) is 18.2 Å². The molecule has 1 heteroatoms. The van der Waals surface area contributed by atoms with E-state index < -0.39 is 0 Å². The SMILES string of the molecule is S=C(c1ccccc1)c1ccc2c3c(cccc13)-c1ccccc1-2. The summed E-state index contributed by atoms with van der Waals surface area (Å²) >= 11 is 5.81. The van der Waals surface area contributed by atoms with Crippen LogP contribution in [-0.2, 0) is 0 Å². The summed E-state index contributed by atoms with van der Waals surface area (Å²) in [5.41, 5.74) is 7.52. The third-order valence-electron chi connectivity index (χ3n) is 4.83. The Labute approximate surface area is 146 Å². The molecule has 0 saturated carbocycles. The highest BCUT2D eigenvalue weighted by atomic mass is 32.1. The van der Waals surface area contributed by atoms with Gasteiger partial charge in [0.1, 0.15) is 0 Å². The van der Waals surface area contributed by atoms with E-state index in [1.165, 1.54) is 33.0 Å². The van der Waals surface area contributed by atoms with Gasteiger partial charge in [0.2, 0.25) is 0 Å². The van der Waals surface area contributed by atoms with E-state index >= 15 is 0 Å². The summed E-state index contributed by atoms with van der Waals surface area (Å²) in [6.45, 7) is 0. The molecule has 0 nitrogen and oxygen atoms in total. The number of thiocarbonyl (C=S) groups is 1. The molecule has 1 aliphatic rings. The van der Waals surface area contributed by atoms with Crippen molar-refractivity contribution in [2.75, 3.05) is 0 Å². The van der Waals surface area contributed by atoms with Crippen LogP contribution < -0.4 is 0 Å². The van der Waals surface area contributed by atoms with Crippen molar-refractivity contribution >= 4 is 27.9 Å². The number of fused-ring (bicyclic) bond motifs is 3. The molecule has 4 aromatic carbocycles. The van der Waals surface area contributed by atoms with Gasteiger partial charge >= 0.3 is 0 Å². The monoisotopic (exact) mass is 322 g/mol. The lowest BCUT2D eigenvalue weighted by molar-refractivity contribution is 1.65. The van der Waals surface area contributed by atoms with E-state index in [1.54, 1.807) is 0 Å². The lowest BCUT2D eigenvalue weighted by atomic mass is 9.94. The molecular weight excluding hydrogens is 308 g/mol. The Morgan fingerprint density at radius 1 is 0.542 bits per heavy atom. The maximum absolute atomic E-state index is 5.81. The summed E-state index contributed by atoms with van der Waals surface area (Å²) in [5, 5.41) is 2.57. The lowest BCUT2D eigenvalue weighted by Crippen LogP contribution is -2.00. The van der Waals surface area contributed by atoms with E-state index in [9.17, 15) is 0 Å². The van der Waals surface area contributed by atoms with E-state index in [0.29, 0.717) is 0 Å². The fourth-order valence-corrected chi connectivity index (χ4v) is 4.07. The Kier molecular flexibility index (Phi) is 2.91. The second kappa shape index (κ2) is 5.12. The van der Waals surface area contributed by atoms with Crippen LogP contribution >= 0.6 is 12.2 Å². The Bertz CT molecular complexity index is 1080. The minimum atomic E-state index is 0.912. The number of hydrogen-bond donors (Lipinski definition) is 0. The summed E-state index contributed by atoms with van der Waals surface area (Å²) in [7, 11) is 0. The fourth-order valence-electron chi connectivity index (χ4n) is 3.75. The number of benzene rings is 4. The number of hydrogen-bond acceptors (Lipinski definition) is 1. The van der Waals surface area contributed by atoms with Crippen LogP contribution in [0.4, 0.5) is 0 Å². The average Bonchev–Trinajstić information content (AvgIpc) is 2.99. The van der Waals surface area contributed by atoms with Crippen molar-refractivity contribution in [1.29, 1.82) is 0 Å². The predicted molar refractivity (Wildman–Crippen MR) is 106 cm³/mol. The first-order valence-electron chi connectivity index (χ1n) is 8.10. The first-order chi connectivity index (χ1) is 11.8. The van der Waals surface area contributed by atoms with Gasteiger partial charge in [-0.2, -0.15) is 0 Å². The molecule has 1 aliphatic carbocycles. The van der Waals surface area contributed by atoms with Gasteiger partial charge in [-0.3, -0.25) is 0 Å². The number of rotatable bonds is 2. The molecule has 0 aromatic heterocycles. The molecular formula is C23H14S. The van der Waals surface area contributed by atoms with Crippen molar-refractivity contribution in [3.05, 3.63) is 96.1 Å². The average molecular weight is 322 g/mol. The first-order valence-corrected chi connectivity index (χ1v) is 8.51. The van der Waals surface area contributed by atoms with Crippen molar-refractivity contribution < 1.29 is 0 Å². The van der Waals surface area contributed by atoms with Crippen molar-refractivity contribution in [1.82, 2.24) is 0 Å². The van der Waals surface area contributed by atoms with E-state index in [-0.39, 0.29) is 0 Å². The minimum Gasteiger partial charge on any atom is -0.0788 e. The molecule has 4 aromatic rings. The molecule has 0 bridgehead atoms. The molecule has 0 fully saturated rings. The predicted octanol–water partition coefficient (Wildman–Crippen LogP) is 6.25. The van der Waals surface area contributed by atoms with Gasteiger partial charge in [0.25, 0.3) is 0 Å². The third-order valence-corrected chi connectivity index (χ3v) is 5.28. The summed E-state index contributed by atoms with van der Waals surface area (Å²) in [4.78, 5) is 0.912. The molecule has 0 atom stereocenters. The molecule has 112 valence electrons. The van der Waals surface area contributed by atoms with Crippen LogP contribution in [0.2, 0.25) is 0 Å². The summed E-state index contributed by atoms with van der Waals surface area (Å²) in [6.07, 6.45) is 0. The molecule has 0 spiro atoms. The highest BCUT2D eigenvalue weighted by Crippen LogP contribution is 2.47. The Balaban J connectivity index is 1.81. The second-order valence-corrected chi connectivity index (χ2v) is 6.54. The van der Waals surface area contributed by atoms with E-state index in [0.717, 1.165) is 16.0 Å². The Hall–Kier alpha value is -2.77. The molecule has 5 rings (SSSR count). The molecule has 0 aliphatic heterocycles. The molecule has 0 heterocycles. The van der Waals surface area contributed by atoms with Crippen LogP contribution in [0.3, 0.4) is 0 Å². The standard InChI is InChI=1S/C23H14S/c24-23(15-7-2-1-3-8-15)21-14-13-20-17-10-5-4-9-16(17)18-11-6-12-19(21)22(18)20/h1-14H. The molecule has 0 radical (unpaired) electrons. The first kappa shape index (κ1) is 13.6. The lowest BCUT2D eigenvalue weighted by Gasteiger charge is -2.10. The maximum atomic E-state index is 5.81. The topological polar surface area (TPSA) is 0 Å². The zero-order valence-corrected chi connectivity index (χ0v) is 13.8. The Morgan fingerprint density at radius 2 is 1.17 bits per heavy atom. The normalized spacial score (nSPS) is 11.5. The van der Waals surface area contributed by atoms with Crippen molar-refractivity contribution in [2.45, 2.75) is 0 Å². The fraction of sp³-hybridized carbons (Fsp3) is 0. The van der Waals surface area contributed by atoms with E-state index in [4.69, 9.17) is 12.2 Å². The van der Waals surface area contributed by atoms with Crippen LogP contribution in [0.1, 0.15) is 11.1 Å². The minimum absolute atomic E-state index is 0.912. The Morgan fingerprint density at radius 3 is 1.92 bits per heavy atom. The van der Waals surface area contributed by atoms with Gasteiger partial charge in [-0.05, 0) is 38.6 Å². The smallest absolute Gasteiger partial charge is 0.0528 e. The van der Waals surface area contributed by atoms with E-state index in [2.05, 4.69) is 66.7 Å². The van der Waals surface area contributed by atoms with Crippen LogP contribution in [-0.4, -0.2) is 4.86 Å². The van der Waals surface area contributed by atoms with Gasteiger partial charge < -0.3 is 0 Å². The highest BCUT2D eigenvalue weighted by Gasteiger charge is 2.22. The molecule has 0 unspecified atom stereocenters. The quantitative estimate of drug-likeness (QED) is 0.273. The van der Waals surface area contributed by atoms with Crippen molar-refractivity contribution in [3.63, 3.8) is 0 Å². The van der Waals surface area contributed by atoms with Gasteiger partial charge in [-0.15, -0.1) is 0 Å². The van der Waals surface area contributed by atoms with Crippen molar-refractivity contribution in [3.8, 4) is 22.3 Å². The summed E-state index contributed by atoms with van der Waals surface area (Å²) in [5.74, 6) is 0.